The van der Waals surface area contributed by atoms with Gasteiger partial charge in [0.05, 0.1) is 23.7 Å². The zero-order chi connectivity index (χ0) is 19.4. The van der Waals surface area contributed by atoms with Crippen LogP contribution in [0.15, 0.2) is 23.2 Å². The largest absolute Gasteiger partial charge is 0.461 e. The molecule has 0 aliphatic rings. The van der Waals surface area contributed by atoms with E-state index in [2.05, 4.69) is 11.1 Å². The van der Waals surface area contributed by atoms with E-state index in [0.717, 1.165) is 0 Å². The molecule has 2 aromatic rings. The number of benzene rings is 1. The van der Waals surface area contributed by atoms with E-state index in [1.54, 1.807) is 57.4 Å². The summed E-state index contributed by atoms with van der Waals surface area (Å²) in [4.78, 5) is 18.7. The first-order chi connectivity index (χ1) is 12.3. The van der Waals surface area contributed by atoms with Gasteiger partial charge in [-0.05, 0) is 32.0 Å². The van der Waals surface area contributed by atoms with Gasteiger partial charge in [0.25, 0.3) is 0 Å². The predicted octanol–water partition coefficient (Wildman–Crippen LogP) is 4.36. The van der Waals surface area contributed by atoms with Gasteiger partial charge in [-0.3, -0.25) is 4.57 Å². The molecule has 1 aromatic heterocycles. The lowest BCUT2D eigenvalue weighted by molar-refractivity contribution is 0.0516. The number of halogens is 2. The van der Waals surface area contributed by atoms with Crippen LogP contribution in [0.2, 0.25) is 10.0 Å². The average Bonchev–Trinajstić information content (AvgIpc) is 2.84. The minimum atomic E-state index is -0.557. The van der Waals surface area contributed by atoms with Gasteiger partial charge in [-0.1, -0.05) is 23.2 Å². The van der Waals surface area contributed by atoms with Crippen LogP contribution in [0.3, 0.4) is 0 Å². The summed E-state index contributed by atoms with van der Waals surface area (Å²) in [6.07, 6.45) is 1.55. The number of ether oxygens (including phenoxy) is 1. The number of aromatic nitrogens is 1. The molecule has 0 bridgehead atoms. The lowest BCUT2D eigenvalue weighted by Crippen LogP contribution is -2.13. The molecule has 6 nitrogen and oxygen atoms in total. The standard InChI is InChI=1S/C18H18Cl2N4O2/c1-5-26-18(25)16-11(2)13(9-21)17(22-10-23(3)4)24(16)15-7-6-12(19)8-14(15)20/h6-8,10H,5H2,1-4H3. The van der Waals surface area contributed by atoms with E-state index in [4.69, 9.17) is 27.9 Å². The highest BCUT2D eigenvalue weighted by Crippen LogP contribution is 2.36. The molecular formula is C18H18Cl2N4O2. The van der Waals surface area contributed by atoms with Gasteiger partial charge in [-0.2, -0.15) is 5.26 Å². The molecule has 0 saturated heterocycles. The summed E-state index contributed by atoms with van der Waals surface area (Å²) in [5.41, 5.74) is 1.44. The van der Waals surface area contributed by atoms with Gasteiger partial charge in [0.15, 0.2) is 5.82 Å². The highest BCUT2D eigenvalue weighted by atomic mass is 35.5. The summed E-state index contributed by atoms with van der Waals surface area (Å²) in [5.74, 6) is -0.259. The Morgan fingerprint density at radius 1 is 1.42 bits per heavy atom. The molecule has 0 aliphatic carbocycles. The van der Waals surface area contributed by atoms with Crippen molar-refractivity contribution in [3.8, 4) is 11.8 Å². The van der Waals surface area contributed by atoms with Gasteiger partial charge >= 0.3 is 5.97 Å². The Morgan fingerprint density at radius 3 is 2.65 bits per heavy atom. The monoisotopic (exact) mass is 392 g/mol. The number of aliphatic imine (C=N–C) groups is 1. The Morgan fingerprint density at radius 2 is 2.12 bits per heavy atom. The Bertz CT molecular complexity index is 911. The number of esters is 1. The van der Waals surface area contributed by atoms with Crippen LogP contribution in [-0.2, 0) is 4.74 Å². The third kappa shape index (κ3) is 3.85. The fraction of sp³-hybridized carbons (Fsp3) is 0.278. The van der Waals surface area contributed by atoms with Crippen molar-refractivity contribution in [3.63, 3.8) is 0 Å². The summed E-state index contributed by atoms with van der Waals surface area (Å²) in [7, 11) is 3.61. The molecule has 26 heavy (non-hydrogen) atoms. The van der Waals surface area contributed by atoms with Crippen LogP contribution in [0.25, 0.3) is 5.69 Å². The van der Waals surface area contributed by atoms with Crippen LogP contribution < -0.4 is 0 Å². The molecule has 136 valence electrons. The molecule has 0 saturated carbocycles. The number of rotatable bonds is 5. The maximum Gasteiger partial charge on any atom is 0.355 e. The molecule has 0 radical (unpaired) electrons. The molecular weight excluding hydrogens is 375 g/mol. The second-order valence-electron chi connectivity index (χ2n) is 5.64. The van der Waals surface area contributed by atoms with Crippen LogP contribution in [0.4, 0.5) is 5.82 Å². The van der Waals surface area contributed by atoms with Crippen molar-refractivity contribution in [2.75, 3.05) is 20.7 Å². The maximum absolute atomic E-state index is 12.6. The fourth-order valence-corrected chi connectivity index (χ4v) is 2.93. The SMILES string of the molecule is CCOC(=O)c1c(C)c(C#N)c(N=CN(C)C)n1-c1ccc(Cl)cc1Cl. The van der Waals surface area contributed by atoms with Gasteiger partial charge in [-0.15, -0.1) is 0 Å². The van der Waals surface area contributed by atoms with Gasteiger partial charge in [0.1, 0.15) is 17.3 Å². The number of nitriles is 1. The predicted molar refractivity (Wildman–Crippen MR) is 103 cm³/mol. The first kappa shape index (κ1) is 19.8. The Hall–Kier alpha value is -2.49. The molecule has 0 fully saturated rings. The Labute approximate surface area is 162 Å². The van der Waals surface area contributed by atoms with Gasteiger partial charge in [0, 0.05) is 24.7 Å². The minimum absolute atomic E-state index is 0.204. The molecule has 2 rings (SSSR count). The quantitative estimate of drug-likeness (QED) is 0.430. The smallest absolute Gasteiger partial charge is 0.355 e. The highest BCUT2D eigenvalue weighted by Gasteiger charge is 2.27. The molecule has 0 atom stereocenters. The number of hydrogen-bond acceptors (Lipinski definition) is 4. The normalized spacial score (nSPS) is 10.8. The van der Waals surface area contributed by atoms with Crippen LogP contribution >= 0.6 is 23.2 Å². The lowest BCUT2D eigenvalue weighted by atomic mass is 10.2. The zero-order valence-corrected chi connectivity index (χ0v) is 16.4. The van der Waals surface area contributed by atoms with Gasteiger partial charge in [0.2, 0.25) is 0 Å². The average molecular weight is 393 g/mol. The number of hydrogen-bond donors (Lipinski definition) is 0. The first-order valence-corrected chi connectivity index (χ1v) is 8.55. The van der Waals surface area contributed by atoms with Crippen LogP contribution in [0.5, 0.6) is 0 Å². The third-order valence-corrected chi connectivity index (χ3v) is 4.07. The molecule has 0 unspecified atom stereocenters. The second kappa shape index (κ2) is 8.26. The molecule has 0 aliphatic heterocycles. The van der Waals surface area contributed by atoms with E-state index >= 15 is 0 Å². The van der Waals surface area contributed by atoms with Gasteiger partial charge < -0.3 is 9.64 Å². The first-order valence-electron chi connectivity index (χ1n) is 7.80. The summed E-state index contributed by atoms with van der Waals surface area (Å²) < 4.78 is 6.70. The Balaban J connectivity index is 2.88. The lowest BCUT2D eigenvalue weighted by Gasteiger charge is -2.13. The summed E-state index contributed by atoms with van der Waals surface area (Å²) in [6, 6.07) is 7.00. The fourth-order valence-electron chi connectivity index (χ4n) is 2.44. The number of carbonyl (C=O) groups excluding carboxylic acids is 1. The van der Waals surface area contributed by atoms with Crippen molar-refractivity contribution in [3.05, 3.63) is 45.1 Å². The molecule has 1 aromatic carbocycles. The Kier molecular flexibility index (Phi) is 6.30. The van der Waals surface area contributed by atoms with E-state index in [9.17, 15) is 10.1 Å². The van der Waals surface area contributed by atoms with Crippen LogP contribution in [-0.4, -0.2) is 42.5 Å². The van der Waals surface area contributed by atoms with Crippen molar-refractivity contribution >= 4 is 41.3 Å². The topological polar surface area (TPSA) is 70.6 Å². The van der Waals surface area contributed by atoms with E-state index in [-0.39, 0.29) is 17.9 Å². The third-order valence-electron chi connectivity index (χ3n) is 3.53. The van der Waals surface area contributed by atoms with E-state index in [1.807, 2.05) is 0 Å². The van der Waals surface area contributed by atoms with Crippen molar-refractivity contribution in [2.45, 2.75) is 13.8 Å². The summed E-state index contributed by atoms with van der Waals surface area (Å²) >= 11 is 12.3. The summed E-state index contributed by atoms with van der Waals surface area (Å²) in [5, 5.41) is 10.4. The van der Waals surface area contributed by atoms with Crippen molar-refractivity contribution in [1.29, 1.82) is 5.26 Å². The molecule has 0 spiro atoms. The van der Waals surface area contributed by atoms with Crippen molar-refractivity contribution < 1.29 is 9.53 Å². The van der Waals surface area contributed by atoms with Crippen LogP contribution in [0.1, 0.15) is 28.5 Å². The minimum Gasteiger partial charge on any atom is -0.461 e. The van der Waals surface area contributed by atoms with E-state index in [1.165, 1.54) is 4.57 Å². The van der Waals surface area contributed by atoms with Crippen LogP contribution in [0, 0.1) is 18.3 Å². The van der Waals surface area contributed by atoms with Crippen molar-refractivity contribution in [2.24, 2.45) is 4.99 Å². The maximum atomic E-state index is 12.6. The second-order valence-corrected chi connectivity index (χ2v) is 6.49. The summed E-state index contributed by atoms with van der Waals surface area (Å²) in [6.45, 7) is 3.60. The van der Waals surface area contributed by atoms with Crippen molar-refractivity contribution in [1.82, 2.24) is 9.47 Å². The number of carbonyl (C=O) groups is 1. The zero-order valence-electron chi connectivity index (χ0n) is 14.9. The molecule has 0 N–H and O–H groups in total. The highest BCUT2D eigenvalue weighted by molar-refractivity contribution is 6.35. The van der Waals surface area contributed by atoms with Gasteiger partial charge in [-0.25, -0.2) is 9.79 Å². The van der Waals surface area contributed by atoms with E-state index < -0.39 is 5.97 Å². The number of nitrogens with zero attached hydrogens (tertiary/aromatic N) is 4. The van der Waals surface area contributed by atoms with E-state index in [0.29, 0.717) is 27.1 Å². The molecule has 8 heteroatoms. The molecule has 1 heterocycles. The molecule has 0 amide bonds.